The van der Waals surface area contributed by atoms with Crippen molar-refractivity contribution in [2.24, 2.45) is 17.4 Å². The molecule has 0 aromatic heterocycles. The van der Waals surface area contributed by atoms with E-state index >= 15 is 0 Å². The molecule has 0 saturated heterocycles. The minimum Gasteiger partial charge on any atom is -0.396 e. The fourth-order valence-electron chi connectivity index (χ4n) is 1.75. The first-order valence-corrected chi connectivity index (χ1v) is 4.96. The molecule has 0 saturated carbocycles. The minimum absolute atomic E-state index is 0. The molecule has 0 aromatic rings. The van der Waals surface area contributed by atoms with Crippen molar-refractivity contribution in [2.45, 2.75) is 24.8 Å². The topological polar surface area (TPSA) is 113 Å². The Morgan fingerprint density at radius 3 is 1.62 bits per heavy atom. The number of hydrogen-bond donors (Lipinski definition) is 5. The third-order valence-electron chi connectivity index (χ3n) is 2.73. The number of rotatable bonds is 8. The molecule has 16 heavy (non-hydrogen) atoms. The third-order valence-corrected chi connectivity index (χ3v) is 2.73. The van der Waals surface area contributed by atoms with Gasteiger partial charge in [-0.25, -0.2) is 0 Å². The van der Waals surface area contributed by atoms with Crippen LogP contribution >= 0.6 is 24.8 Å². The molecule has 0 fully saturated rings. The Morgan fingerprint density at radius 2 is 1.38 bits per heavy atom. The van der Waals surface area contributed by atoms with E-state index < -0.39 is 5.54 Å². The number of hydrogen-bond acceptors (Lipinski definition) is 5. The predicted octanol–water partition coefficient (Wildman–Crippen LogP) is -0.750. The van der Waals surface area contributed by atoms with E-state index in [-0.39, 0.29) is 50.6 Å². The van der Waals surface area contributed by atoms with Crippen LogP contribution in [0.3, 0.4) is 0 Å². The van der Waals surface area contributed by atoms with E-state index in [1.54, 1.807) is 0 Å². The summed E-state index contributed by atoms with van der Waals surface area (Å²) in [6, 6.07) is 0. The largest absolute Gasteiger partial charge is 0.396 e. The molecule has 0 radical (unpaired) electrons. The molecular formula is C9H24Cl2N2O3. The highest BCUT2D eigenvalue weighted by Crippen LogP contribution is 2.24. The summed E-state index contributed by atoms with van der Waals surface area (Å²) >= 11 is 0. The van der Waals surface area contributed by atoms with Gasteiger partial charge in [-0.1, -0.05) is 0 Å². The SMILES string of the molecule is Cl.Cl.NCC(CCO)C(N)(CCO)CCO. The van der Waals surface area contributed by atoms with E-state index in [0.717, 1.165) is 0 Å². The van der Waals surface area contributed by atoms with Gasteiger partial charge in [-0.05, 0) is 31.7 Å². The highest BCUT2D eigenvalue weighted by atomic mass is 35.5. The van der Waals surface area contributed by atoms with Crippen LogP contribution in [0.2, 0.25) is 0 Å². The van der Waals surface area contributed by atoms with Crippen molar-refractivity contribution in [3.63, 3.8) is 0 Å². The van der Waals surface area contributed by atoms with Crippen molar-refractivity contribution in [1.29, 1.82) is 0 Å². The molecule has 0 aliphatic carbocycles. The minimum atomic E-state index is -0.666. The third kappa shape index (κ3) is 6.85. The van der Waals surface area contributed by atoms with Crippen LogP contribution in [0, 0.1) is 5.92 Å². The maximum absolute atomic E-state index is 8.88. The van der Waals surface area contributed by atoms with Gasteiger partial charge in [0.05, 0.1) is 0 Å². The first-order chi connectivity index (χ1) is 6.64. The summed E-state index contributed by atoms with van der Waals surface area (Å²) in [6.07, 6.45) is 1.30. The van der Waals surface area contributed by atoms with Gasteiger partial charge in [0.15, 0.2) is 0 Å². The summed E-state index contributed by atoms with van der Waals surface area (Å²) in [6.45, 7) is 0.325. The Labute approximate surface area is 109 Å². The molecule has 0 aliphatic rings. The molecule has 7 N–H and O–H groups in total. The Hall–Kier alpha value is 0.380. The smallest absolute Gasteiger partial charge is 0.0448 e. The zero-order valence-corrected chi connectivity index (χ0v) is 11.0. The van der Waals surface area contributed by atoms with E-state index in [0.29, 0.717) is 25.8 Å². The van der Waals surface area contributed by atoms with Gasteiger partial charge in [0.1, 0.15) is 0 Å². The molecule has 0 bridgehead atoms. The Balaban J connectivity index is -0.000000845. The zero-order valence-electron chi connectivity index (χ0n) is 9.34. The monoisotopic (exact) mass is 278 g/mol. The maximum atomic E-state index is 8.88. The van der Waals surface area contributed by atoms with E-state index in [4.69, 9.17) is 26.8 Å². The van der Waals surface area contributed by atoms with Gasteiger partial charge >= 0.3 is 0 Å². The number of aliphatic hydroxyl groups excluding tert-OH is 3. The Kier molecular flexibility index (Phi) is 16.0. The quantitative estimate of drug-likeness (QED) is 0.401. The van der Waals surface area contributed by atoms with Crippen molar-refractivity contribution in [1.82, 2.24) is 0 Å². The molecule has 0 aliphatic heterocycles. The molecule has 0 heterocycles. The zero-order chi connectivity index (χ0) is 11.0. The van der Waals surface area contributed by atoms with Gasteiger partial charge in [0.2, 0.25) is 0 Å². The second-order valence-electron chi connectivity index (χ2n) is 3.63. The van der Waals surface area contributed by atoms with Crippen LogP contribution < -0.4 is 11.5 Å². The van der Waals surface area contributed by atoms with Crippen molar-refractivity contribution >= 4 is 24.8 Å². The number of nitrogens with two attached hydrogens (primary N) is 2. The molecule has 0 spiro atoms. The predicted molar refractivity (Wildman–Crippen MR) is 69.1 cm³/mol. The lowest BCUT2D eigenvalue weighted by molar-refractivity contribution is 0.127. The van der Waals surface area contributed by atoms with Crippen LogP contribution in [0.15, 0.2) is 0 Å². The van der Waals surface area contributed by atoms with Gasteiger partial charge in [-0.3, -0.25) is 0 Å². The molecule has 5 nitrogen and oxygen atoms in total. The van der Waals surface area contributed by atoms with E-state index in [1.165, 1.54) is 0 Å². The summed E-state index contributed by atoms with van der Waals surface area (Å²) in [5, 5.41) is 26.6. The summed E-state index contributed by atoms with van der Waals surface area (Å²) in [5.74, 6) is -0.0631. The van der Waals surface area contributed by atoms with Gasteiger partial charge < -0.3 is 26.8 Å². The molecule has 1 atom stereocenters. The van der Waals surface area contributed by atoms with Gasteiger partial charge in [-0.15, -0.1) is 24.8 Å². The van der Waals surface area contributed by atoms with Gasteiger partial charge in [0, 0.05) is 25.4 Å². The average molecular weight is 279 g/mol. The molecule has 7 heteroatoms. The Bertz CT molecular complexity index is 147. The molecule has 102 valence electrons. The van der Waals surface area contributed by atoms with E-state index in [9.17, 15) is 0 Å². The Morgan fingerprint density at radius 1 is 0.938 bits per heavy atom. The summed E-state index contributed by atoms with van der Waals surface area (Å²) < 4.78 is 0. The van der Waals surface area contributed by atoms with Gasteiger partial charge in [-0.2, -0.15) is 0 Å². The van der Waals surface area contributed by atoms with Crippen LogP contribution in [-0.4, -0.2) is 47.2 Å². The van der Waals surface area contributed by atoms with Crippen molar-refractivity contribution in [3.8, 4) is 0 Å². The lowest BCUT2D eigenvalue weighted by Crippen LogP contribution is -2.51. The summed E-state index contributed by atoms with van der Waals surface area (Å²) in [4.78, 5) is 0. The van der Waals surface area contributed by atoms with Crippen LogP contribution in [0.4, 0.5) is 0 Å². The molecule has 0 rings (SSSR count). The van der Waals surface area contributed by atoms with Crippen molar-refractivity contribution in [2.75, 3.05) is 26.4 Å². The van der Waals surface area contributed by atoms with Crippen LogP contribution in [-0.2, 0) is 0 Å². The first kappa shape index (κ1) is 21.6. The van der Waals surface area contributed by atoms with Crippen molar-refractivity contribution < 1.29 is 15.3 Å². The fraction of sp³-hybridized carbons (Fsp3) is 1.00. The number of halogens is 2. The second-order valence-corrected chi connectivity index (χ2v) is 3.63. The van der Waals surface area contributed by atoms with Crippen LogP contribution in [0.1, 0.15) is 19.3 Å². The van der Waals surface area contributed by atoms with Crippen LogP contribution in [0.5, 0.6) is 0 Å². The molecular weight excluding hydrogens is 255 g/mol. The molecule has 0 aromatic carbocycles. The first-order valence-electron chi connectivity index (χ1n) is 4.96. The normalized spacial score (nSPS) is 12.6. The van der Waals surface area contributed by atoms with Crippen molar-refractivity contribution in [3.05, 3.63) is 0 Å². The molecule has 1 unspecified atom stereocenters. The lowest BCUT2D eigenvalue weighted by Gasteiger charge is -2.36. The summed E-state index contributed by atoms with van der Waals surface area (Å²) in [7, 11) is 0. The van der Waals surface area contributed by atoms with Crippen LogP contribution in [0.25, 0.3) is 0 Å². The highest BCUT2D eigenvalue weighted by Gasteiger charge is 2.32. The fourth-order valence-corrected chi connectivity index (χ4v) is 1.75. The maximum Gasteiger partial charge on any atom is 0.0448 e. The van der Waals surface area contributed by atoms with E-state index in [2.05, 4.69) is 0 Å². The van der Waals surface area contributed by atoms with E-state index in [1.807, 2.05) is 0 Å². The standard InChI is InChI=1S/C9H22N2O3.2ClH/c10-7-8(1-4-12)9(11,2-5-13)3-6-14;;/h8,12-14H,1-7,10-11H2;2*1H. The highest BCUT2D eigenvalue weighted by molar-refractivity contribution is 5.85. The summed E-state index contributed by atoms with van der Waals surface area (Å²) in [5.41, 5.74) is 10.9. The number of aliphatic hydroxyl groups is 3. The van der Waals surface area contributed by atoms with Gasteiger partial charge in [0.25, 0.3) is 0 Å². The molecule has 0 amide bonds. The average Bonchev–Trinajstić information content (AvgIpc) is 2.14. The second kappa shape index (κ2) is 11.9. The lowest BCUT2D eigenvalue weighted by atomic mass is 9.78.